The van der Waals surface area contributed by atoms with Crippen molar-refractivity contribution in [3.8, 4) is 5.69 Å². The monoisotopic (exact) mass is 303 g/mol. The van der Waals surface area contributed by atoms with Gasteiger partial charge in [-0.1, -0.05) is 12.1 Å². The lowest BCUT2D eigenvalue weighted by Gasteiger charge is -2.33. The van der Waals surface area contributed by atoms with Crippen molar-refractivity contribution in [2.24, 2.45) is 0 Å². The van der Waals surface area contributed by atoms with Crippen LogP contribution >= 0.6 is 0 Å². The number of carbonyl (C=O) groups is 1. The molecule has 22 heavy (non-hydrogen) atoms. The second kappa shape index (κ2) is 5.88. The van der Waals surface area contributed by atoms with Crippen LogP contribution in [0.5, 0.6) is 0 Å². The summed E-state index contributed by atoms with van der Waals surface area (Å²) in [4.78, 5) is 14.5. The average Bonchev–Trinajstić information content (AvgIpc) is 2.89. The van der Waals surface area contributed by atoms with Crippen molar-refractivity contribution in [3.05, 3.63) is 47.5 Å². The molecule has 6 heteroatoms. The van der Waals surface area contributed by atoms with E-state index < -0.39 is 0 Å². The molecule has 2 aromatic rings. The van der Waals surface area contributed by atoms with Gasteiger partial charge >= 0.3 is 0 Å². The van der Waals surface area contributed by atoms with E-state index in [0.717, 1.165) is 0 Å². The molecular formula is C16H18FN3O2. The van der Waals surface area contributed by atoms with Crippen molar-refractivity contribution in [1.82, 2.24) is 14.7 Å². The highest BCUT2D eigenvalue weighted by Gasteiger charge is 2.27. The molecule has 1 aliphatic rings. The van der Waals surface area contributed by atoms with Gasteiger partial charge in [-0.25, -0.2) is 9.07 Å². The first-order chi connectivity index (χ1) is 10.6. The van der Waals surface area contributed by atoms with Gasteiger partial charge in [0.25, 0.3) is 5.91 Å². The van der Waals surface area contributed by atoms with Crippen molar-refractivity contribution in [2.75, 3.05) is 19.8 Å². The number of nitrogens with zero attached hydrogens (tertiary/aromatic N) is 3. The first-order valence-electron chi connectivity index (χ1n) is 7.28. The van der Waals surface area contributed by atoms with Crippen molar-refractivity contribution in [3.63, 3.8) is 0 Å². The van der Waals surface area contributed by atoms with E-state index in [0.29, 0.717) is 36.7 Å². The number of benzene rings is 1. The second-order valence-corrected chi connectivity index (χ2v) is 5.43. The molecule has 0 N–H and O–H groups in total. The van der Waals surface area contributed by atoms with Gasteiger partial charge in [-0.2, -0.15) is 5.10 Å². The first-order valence-corrected chi connectivity index (χ1v) is 7.28. The molecule has 1 aliphatic heterocycles. The molecule has 0 spiro atoms. The molecule has 1 aromatic carbocycles. The summed E-state index contributed by atoms with van der Waals surface area (Å²) in [5.41, 5.74) is 1.47. The van der Waals surface area contributed by atoms with Crippen molar-refractivity contribution in [1.29, 1.82) is 0 Å². The summed E-state index contributed by atoms with van der Waals surface area (Å²) in [5, 5.41) is 4.19. The molecule has 116 valence electrons. The highest BCUT2D eigenvalue weighted by atomic mass is 19.1. The highest BCUT2D eigenvalue weighted by molar-refractivity contribution is 5.95. The molecule has 1 fully saturated rings. The Labute approximate surface area is 128 Å². The summed E-state index contributed by atoms with van der Waals surface area (Å²) in [6.07, 6.45) is 1.51. The van der Waals surface area contributed by atoms with E-state index in [1.54, 1.807) is 30.0 Å². The molecule has 5 nitrogen and oxygen atoms in total. The van der Waals surface area contributed by atoms with Crippen LogP contribution in [-0.2, 0) is 4.74 Å². The molecular weight excluding hydrogens is 285 g/mol. The van der Waals surface area contributed by atoms with Crippen LogP contribution in [0, 0.1) is 12.7 Å². The fraction of sp³-hybridized carbons (Fsp3) is 0.375. The summed E-state index contributed by atoms with van der Waals surface area (Å²) in [7, 11) is 0. The smallest absolute Gasteiger partial charge is 0.257 e. The van der Waals surface area contributed by atoms with Gasteiger partial charge < -0.3 is 9.64 Å². The van der Waals surface area contributed by atoms with Gasteiger partial charge in [-0.15, -0.1) is 0 Å². The number of carbonyl (C=O) groups excluding carboxylic acids is 1. The minimum absolute atomic E-state index is 0.0254. The number of para-hydroxylation sites is 1. The van der Waals surface area contributed by atoms with Crippen LogP contribution in [0.1, 0.15) is 23.0 Å². The zero-order valence-corrected chi connectivity index (χ0v) is 12.6. The van der Waals surface area contributed by atoms with Crippen LogP contribution in [0.15, 0.2) is 30.5 Å². The molecule has 0 radical (unpaired) electrons. The Balaban J connectivity index is 1.94. The zero-order valence-electron chi connectivity index (χ0n) is 12.6. The maximum atomic E-state index is 13.9. The minimum Gasteiger partial charge on any atom is -0.377 e. The molecule has 0 unspecified atom stereocenters. The number of aromatic nitrogens is 2. The standard InChI is InChI=1S/C16H18FN3O2/c1-11-10-22-8-7-19(11)16(21)13-9-18-20(12(13)2)15-6-4-3-5-14(15)17/h3-6,9,11H,7-8,10H2,1-2H3/t11-/m1/s1. The maximum absolute atomic E-state index is 13.9. The van der Waals surface area contributed by atoms with Gasteiger partial charge in [0.2, 0.25) is 0 Å². The Morgan fingerprint density at radius 2 is 2.18 bits per heavy atom. The SMILES string of the molecule is Cc1c(C(=O)N2CCOC[C@H]2C)cnn1-c1ccccc1F. The van der Waals surface area contributed by atoms with E-state index in [2.05, 4.69) is 5.10 Å². The third-order valence-corrected chi connectivity index (χ3v) is 3.95. The van der Waals surface area contributed by atoms with E-state index in [4.69, 9.17) is 4.74 Å². The Hall–Kier alpha value is -2.21. The summed E-state index contributed by atoms with van der Waals surface area (Å²) in [6.45, 7) is 5.36. The molecule has 0 aliphatic carbocycles. The number of halogens is 1. The average molecular weight is 303 g/mol. The predicted molar refractivity (Wildman–Crippen MR) is 79.6 cm³/mol. The third-order valence-electron chi connectivity index (χ3n) is 3.95. The second-order valence-electron chi connectivity index (χ2n) is 5.43. The number of hydrogen-bond donors (Lipinski definition) is 0. The lowest BCUT2D eigenvalue weighted by molar-refractivity contribution is 0.00355. The Bertz CT molecular complexity index is 698. The van der Waals surface area contributed by atoms with Crippen LogP contribution in [-0.4, -0.2) is 46.4 Å². The Morgan fingerprint density at radius 1 is 1.41 bits per heavy atom. The molecule has 1 saturated heterocycles. The number of hydrogen-bond acceptors (Lipinski definition) is 3. The molecule has 1 aromatic heterocycles. The fourth-order valence-electron chi connectivity index (χ4n) is 2.67. The van der Waals surface area contributed by atoms with E-state index in [1.165, 1.54) is 16.9 Å². The zero-order chi connectivity index (χ0) is 15.7. The van der Waals surface area contributed by atoms with Crippen LogP contribution in [0.4, 0.5) is 4.39 Å². The summed E-state index contributed by atoms with van der Waals surface area (Å²) < 4.78 is 20.7. The van der Waals surface area contributed by atoms with Crippen molar-refractivity contribution in [2.45, 2.75) is 19.9 Å². The summed E-state index contributed by atoms with van der Waals surface area (Å²) >= 11 is 0. The van der Waals surface area contributed by atoms with E-state index in [1.807, 2.05) is 6.92 Å². The van der Waals surface area contributed by atoms with E-state index in [9.17, 15) is 9.18 Å². The van der Waals surface area contributed by atoms with Gasteiger partial charge in [-0.3, -0.25) is 4.79 Å². The van der Waals surface area contributed by atoms with Gasteiger partial charge in [0.15, 0.2) is 0 Å². The molecule has 1 amide bonds. The number of ether oxygens (including phenoxy) is 1. The lowest BCUT2D eigenvalue weighted by atomic mass is 10.1. The van der Waals surface area contributed by atoms with Crippen LogP contribution in [0.25, 0.3) is 5.69 Å². The summed E-state index contributed by atoms with van der Waals surface area (Å²) in [5.74, 6) is -0.455. The molecule has 2 heterocycles. The number of amides is 1. The quantitative estimate of drug-likeness (QED) is 0.854. The highest BCUT2D eigenvalue weighted by Crippen LogP contribution is 2.19. The molecule has 0 saturated carbocycles. The van der Waals surface area contributed by atoms with Crippen molar-refractivity contribution < 1.29 is 13.9 Å². The third kappa shape index (κ3) is 2.50. The van der Waals surface area contributed by atoms with Crippen molar-refractivity contribution >= 4 is 5.91 Å². The topological polar surface area (TPSA) is 47.4 Å². The molecule has 0 bridgehead atoms. The number of rotatable bonds is 2. The largest absolute Gasteiger partial charge is 0.377 e. The Kier molecular flexibility index (Phi) is 3.94. The minimum atomic E-state index is -0.368. The van der Waals surface area contributed by atoms with E-state index >= 15 is 0 Å². The van der Waals surface area contributed by atoms with Gasteiger partial charge in [0.05, 0.1) is 36.7 Å². The lowest BCUT2D eigenvalue weighted by Crippen LogP contribution is -2.47. The van der Waals surface area contributed by atoms with Crippen LogP contribution in [0.3, 0.4) is 0 Å². The predicted octanol–water partition coefficient (Wildman–Crippen LogP) is 2.18. The van der Waals surface area contributed by atoms with E-state index in [-0.39, 0.29) is 17.8 Å². The summed E-state index contributed by atoms with van der Waals surface area (Å²) in [6, 6.07) is 6.41. The van der Waals surface area contributed by atoms with Gasteiger partial charge in [0.1, 0.15) is 11.5 Å². The number of morpholine rings is 1. The Morgan fingerprint density at radius 3 is 2.91 bits per heavy atom. The van der Waals surface area contributed by atoms with Crippen LogP contribution < -0.4 is 0 Å². The fourth-order valence-corrected chi connectivity index (χ4v) is 2.67. The molecule has 3 rings (SSSR count). The normalized spacial score (nSPS) is 18.5. The molecule has 1 atom stereocenters. The first kappa shape index (κ1) is 14.7. The van der Waals surface area contributed by atoms with Crippen LogP contribution in [0.2, 0.25) is 0 Å². The van der Waals surface area contributed by atoms with Gasteiger partial charge in [0, 0.05) is 6.54 Å². The maximum Gasteiger partial charge on any atom is 0.257 e. The van der Waals surface area contributed by atoms with Gasteiger partial charge in [-0.05, 0) is 26.0 Å².